The minimum atomic E-state index is -5.08. The number of aryl methyl sites for hydroxylation is 1. The highest BCUT2D eigenvalue weighted by molar-refractivity contribution is 5.73. The van der Waals surface area contributed by atoms with Gasteiger partial charge in [-0.05, 0) is 18.7 Å². The Bertz CT molecular complexity index is 734. The van der Waals surface area contributed by atoms with Gasteiger partial charge in [-0.3, -0.25) is 9.58 Å². The molecule has 27 heavy (non-hydrogen) atoms. The molecule has 1 fully saturated rings. The highest BCUT2D eigenvalue weighted by Crippen LogP contribution is 2.26. The summed E-state index contributed by atoms with van der Waals surface area (Å²) in [4.78, 5) is 13.9. The van der Waals surface area contributed by atoms with Crippen LogP contribution in [0, 0.1) is 0 Å². The normalized spacial score (nSPS) is 18.6. The molecule has 1 atom stereocenters. The van der Waals surface area contributed by atoms with Crippen LogP contribution in [0.15, 0.2) is 42.6 Å². The molecule has 0 amide bonds. The van der Waals surface area contributed by atoms with Crippen LogP contribution in [0.2, 0.25) is 0 Å². The van der Waals surface area contributed by atoms with Gasteiger partial charge in [0.2, 0.25) is 0 Å². The molecule has 1 aliphatic heterocycles. The van der Waals surface area contributed by atoms with E-state index >= 15 is 0 Å². The fourth-order valence-corrected chi connectivity index (χ4v) is 2.90. The van der Waals surface area contributed by atoms with Gasteiger partial charge in [0.05, 0.1) is 5.69 Å². The monoisotopic (exact) mass is 384 g/mol. The number of nitrogens with zero attached hydrogens (tertiary/aromatic N) is 4. The lowest BCUT2D eigenvalue weighted by Gasteiger charge is -2.40. The number of likely N-dealkylation sites (N-methyl/N-ethyl adjacent to an activating group) is 1. The number of piperazine rings is 1. The molecule has 148 valence electrons. The Morgan fingerprint density at radius 1 is 1.19 bits per heavy atom. The van der Waals surface area contributed by atoms with Crippen LogP contribution < -0.4 is 0 Å². The summed E-state index contributed by atoms with van der Waals surface area (Å²) in [5.41, 5.74) is 2.68. The number of carboxylic acid groups (broad SMARTS) is 1. The number of carbonyl (C=O) groups is 1. The van der Waals surface area contributed by atoms with Gasteiger partial charge in [-0.1, -0.05) is 30.3 Å². The Morgan fingerprint density at radius 2 is 1.81 bits per heavy atom. The van der Waals surface area contributed by atoms with Crippen molar-refractivity contribution in [3.8, 4) is 0 Å². The maximum absolute atomic E-state index is 10.6. The Kier molecular flexibility index (Phi) is 6.98. The fraction of sp³-hybridized carbons (Fsp3) is 0.444. The van der Waals surface area contributed by atoms with Crippen molar-refractivity contribution in [2.45, 2.75) is 18.8 Å². The van der Waals surface area contributed by atoms with Crippen molar-refractivity contribution in [2.24, 2.45) is 7.05 Å². The van der Waals surface area contributed by atoms with Gasteiger partial charge in [-0.2, -0.15) is 18.3 Å². The van der Waals surface area contributed by atoms with Gasteiger partial charge in [0.15, 0.2) is 0 Å². The first-order valence-electron chi connectivity index (χ1n) is 8.43. The van der Waals surface area contributed by atoms with Crippen molar-refractivity contribution in [3.05, 3.63) is 53.9 Å². The third-order valence-corrected chi connectivity index (χ3v) is 4.41. The second-order valence-electron chi connectivity index (χ2n) is 6.41. The van der Waals surface area contributed by atoms with E-state index in [2.05, 4.69) is 58.3 Å². The van der Waals surface area contributed by atoms with E-state index in [1.165, 1.54) is 11.3 Å². The average molecular weight is 384 g/mol. The molecule has 2 aromatic rings. The Morgan fingerprint density at radius 3 is 2.33 bits per heavy atom. The van der Waals surface area contributed by atoms with Crippen LogP contribution in [-0.4, -0.2) is 63.5 Å². The van der Waals surface area contributed by atoms with Gasteiger partial charge in [-0.25, -0.2) is 4.79 Å². The highest BCUT2D eigenvalue weighted by atomic mass is 19.4. The lowest BCUT2D eigenvalue weighted by Crippen LogP contribution is -2.46. The van der Waals surface area contributed by atoms with Crippen LogP contribution in [0.1, 0.15) is 17.3 Å². The van der Waals surface area contributed by atoms with Crippen molar-refractivity contribution >= 4 is 5.97 Å². The largest absolute Gasteiger partial charge is 0.490 e. The SMILES string of the molecule is CN1CCN(Cc2ccnn2C)[C@@H](c2ccccc2)C1.O=C(O)C(F)(F)F. The average Bonchev–Trinajstić information content (AvgIpc) is 3.02. The quantitative estimate of drug-likeness (QED) is 0.881. The Balaban J connectivity index is 0.000000321. The maximum Gasteiger partial charge on any atom is 0.490 e. The summed E-state index contributed by atoms with van der Waals surface area (Å²) in [5, 5.41) is 11.4. The summed E-state index contributed by atoms with van der Waals surface area (Å²) in [6.07, 6.45) is -3.21. The molecule has 1 aromatic carbocycles. The molecule has 0 aliphatic carbocycles. The van der Waals surface area contributed by atoms with Crippen LogP contribution in [0.4, 0.5) is 13.2 Å². The van der Waals surface area contributed by atoms with Crippen molar-refractivity contribution in [2.75, 3.05) is 26.7 Å². The molecular formula is C18H23F3N4O2. The number of hydrogen-bond acceptors (Lipinski definition) is 4. The molecule has 3 rings (SSSR count). The van der Waals surface area contributed by atoms with E-state index in [1.54, 1.807) is 0 Å². The molecule has 0 saturated carbocycles. The molecule has 0 unspecified atom stereocenters. The Hall–Kier alpha value is -2.39. The predicted molar refractivity (Wildman–Crippen MR) is 94.0 cm³/mol. The van der Waals surface area contributed by atoms with Gasteiger partial charge in [-0.15, -0.1) is 0 Å². The number of benzene rings is 1. The van der Waals surface area contributed by atoms with Gasteiger partial charge in [0.1, 0.15) is 0 Å². The third-order valence-electron chi connectivity index (χ3n) is 4.41. The third kappa shape index (κ3) is 6.07. The number of alkyl halides is 3. The zero-order valence-electron chi connectivity index (χ0n) is 15.2. The van der Waals surface area contributed by atoms with Gasteiger partial charge in [0.25, 0.3) is 0 Å². The minimum absolute atomic E-state index is 0.463. The van der Waals surface area contributed by atoms with Crippen LogP contribution in [0.5, 0.6) is 0 Å². The van der Waals surface area contributed by atoms with Crippen molar-refractivity contribution < 1.29 is 23.1 Å². The first kappa shape index (κ1) is 20.9. The second-order valence-corrected chi connectivity index (χ2v) is 6.41. The van der Waals surface area contributed by atoms with E-state index < -0.39 is 12.1 Å². The zero-order chi connectivity index (χ0) is 20.0. The van der Waals surface area contributed by atoms with Crippen molar-refractivity contribution in [1.29, 1.82) is 0 Å². The van der Waals surface area contributed by atoms with Crippen molar-refractivity contribution in [1.82, 2.24) is 19.6 Å². The van der Waals surface area contributed by atoms with Crippen LogP contribution in [-0.2, 0) is 18.4 Å². The summed E-state index contributed by atoms with van der Waals surface area (Å²) in [6.45, 7) is 4.27. The Labute approximate surface area is 155 Å². The van der Waals surface area contributed by atoms with E-state index in [9.17, 15) is 13.2 Å². The lowest BCUT2D eigenvalue weighted by atomic mass is 10.0. The number of hydrogen-bond donors (Lipinski definition) is 1. The molecule has 1 saturated heterocycles. The van der Waals surface area contributed by atoms with Crippen LogP contribution >= 0.6 is 0 Å². The van der Waals surface area contributed by atoms with Gasteiger partial charge in [0, 0.05) is 45.5 Å². The molecule has 6 nitrogen and oxygen atoms in total. The summed E-state index contributed by atoms with van der Waals surface area (Å²) in [6, 6.07) is 13.4. The fourth-order valence-electron chi connectivity index (χ4n) is 2.90. The van der Waals surface area contributed by atoms with E-state index in [-0.39, 0.29) is 0 Å². The van der Waals surface area contributed by atoms with E-state index in [0.717, 1.165) is 26.2 Å². The van der Waals surface area contributed by atoms with E-state index in [4.69, 9.17) is 9.90 Å². The summed E-state index contributed by atoms with van der Waals surface area (Å²) < 4.78 is 33.7. The van der Waals surface area contributed by atoms with Gasteiger partial charge < -0.3 is 10.0 Å². The van der Waals surface area contributed by atoms with E-state index in [0.29, 0.717) is 6.04 Å². The molecule has 2 heterocycles. The first-order chi connectivity index (χ1) is 12.7. The number of halogens is 3. The second kappa shape index (κ2) is 9.01. The summed E-state index contributed by atoms with van der Waals surface area (Å²) in [7, 11) is 4.22. The smallest absolute Gasteiger partial charge is 0.475 e. The zero-order valence-corrected chi connectivity index (χ0v) is 15.2. The molecule has 1 aromatic heterocycles. The number of rotatable bonds is 3. The molecule has 0 bridgehead atoms. The number of aromatic nitrogens is 2. The number of carboxylic acids is 1. The number of aliphatic carboxylic acids is 1. The van der Waals surface area contributed by atoms with Crippen LogP contribution in [0.3, 0.4) is 0 Å². The topological polar surface area (TPSA) is 61.6 Å². The maximum atomic E-state index is 10.6. The summed E-state index contributed by atoms with van der Waals surface area (Å²) >= 11 is 0. The van der Waals surface area contributed by atoms with E-state index in [1.807, 2.05) is 17.9 Å². The molecular weight excluding hydrogens is 361 g/mol. The highest BCUT2D eigenvalue weighted by Gasteiger charge is 2.38. The molecule has 0 radical (unpaired) electrons. The first-order valence-corrected chi connectivity index (χ1v) is 8.43. The molecule has 1 aliphatic rings. The lowest BCUT2D eigenvalue weighted by molar-refractivity contribution is -0.192. The molecule has 0 spiro atoms. The molecule has 1 N–H and O–H groups in total. The minimum Gasteiger partial charge on any atom is -0.475 e. The predicted octanol–water partition coefficient (Wildman–Crippen LogP) is 2.54. The van der Waals surface area contributed by atoms with Crippen molar-refractivity contribution in [3.63, 3.8) is 0 Å². The van der Waals surface area contributed by atoms with Crippen LogP contribution in [0.25, 0.3) is 0 Å². The summed E-state index contributed by atoms with van der Waals surface area (Å²) in [5.74, 6) is -2.76. The van der Waals surface area contributed by atoms with Gasteiger partial charge >= 0.3 is 12.1 Å². The molecule has 9 heteroatoms. The standard InChI is InChI=1S/C16H22N4.C2HF3O2/c1-18-10-11-20(12-15-8-9-17-19(15)2)16(13-18)14-6-4-3-5-7-14;3-2(4,5)1(6)7/h3-9,16H,10-13H2,1-2H3;(H,6,7)/t16-;/m1./s1.